The van der Waals surface area contributed by atoms with Crippen LogP contribution in [0.5, 0.6) is 5.75 Å². The molecule has 1 aromatic heterocycles. The van der Waals surface area contributed by atoms with Gasteiger partial charge in [-0.2, -0.15) is 5.10 Å². The molecule has 2 N–H and O–H groups in total. The molecule has 3 aromatic rings. The van der Waals surface area contributed by atoms with Gasteiger partial charge in [0.25, 0.3) is 0 Å². The Kier molecular flexibility index (Phi) is 9.84. The molecule has 0 unspecified atom stereocenters. The van der Waals surface area contributed by atoms with Gasteiger partial charge < -0.3 is 15.4 Å². The lowest BCUT2D eigenvalue weighted by Crippen LogP contribution is -2.37. The lowest BCUT2D eigenvalue weighted by molar-refractivity contribution is 0.306. The summed E-state index contributed by atoms with van der Waals surface area (Å²) >= 11 is 0. The monoisotopic (exact) mass is 533 g/mol. The molecule has 0 atom stereocenters. The summed E-state index contributed by atoms with van der Waals surface area (Å²) in [5, 5.41) is 11.2. The molecule has 0 bridgehead atoms. The van der Waals surface area contributed by atoms with Crippen molar-refractivity contribution >= 4 is 29.9 Å². The molecule has 0 fully saturated rings. The maximum Gasteiger partial charge on any atom is 0.191 e. The highest BCUT2D eigenvalue weighted by atomic mass is 127. The molecule has 0 spiro atoms. The van der Waals surface area contributed by atoms with Crippen molar-refractivity contribution in [3.05, 3.63) is 82.7 Å². The Morgan fingerprint density at radius 2 is 1.71 bits per heavy atom. The van der Waals surface area contributed by atoms with Crippen molar-refractivity contribution < 1.29 is 4.74 Å². The van der Waals surface area contributed by atoms with Crippen LogP contribution in [0.4, 0.5) is 0 Å². The van der Waals surface area contributed by atoms with Gasteiger partial charge in [-0.05, 0) is 44.0 Å². The Labute approximate surface area is 202 Å². The van der Waals surface area contributed by atoms with E-state index in [1.807, 2.05) is 49.0 Å². The number of halogens is 1. The van der Waals surface area contributed by atoms with E-state index in [9.17, 15) is 0 Å². The molecule has 0 aliphatic carbocycles. The van der Waals surface area contributed by atoms with Gasteiger partial charge in [0.1, 0.15) is 12.4 Å². The fourth-order valence-electron chi connectivity index (χ4n) is 3.19. The summed E-state index contributed by atoms with van der Waals surface area (Å²) in [5.74, 6) is 1.66. The van der Waals surface area contributed by atoms with E-state index in [1.165, 1.54) is 11.3 Å². The Balaban J connectivity index is 0.00000341. The number of hydrogen-bond donors (Lipinski definition) is 2. The van der Waals surface area contributed by atoms with Crippen LogP contribution in [0.25, 0.3) is 0 Å². The predicted octanol–water partition coefficient (Wildman–Crippen LogP) is 4.49. The summed E-state index contributed by atoms with van der Waals surface area (Å²) in [7, 11) is 1.97. The van der Waals surface area contributed by atoms with E-state index in [1.54, 1.807) is 0 Å². The van der Waals surface area contributed by atoms with Crippen molar-refractivity contribution in [3.8, 4) is 5.75 Å². The normalized spacial score (nSPS) is 11.0. The summed E-state index contributed by atoms with van der Waals surface area (Å²) in [5.41, 5.74) is 5.72. The number of rotatable bonds is 8. The van der Waals surface area contributed by atoms with Crippen LogP contribution in [-0.4, -0.2) is 22.3 Å². The highest BCUT2D eigenvalue weighted by Gasteiger charge is 2.09. The van der Waals surface area contributed by atoms with E-state index in [0.717, 1.165) is 35.1 Å². The maximum absolute atomic E-state index is 5.85. The number of benzene rings is 2. The topological polar surface area (TPSA) is 63.5 Å². The van der Waals surface area contributed by atoms with Gasteiger partial charge in [-0.1, -0.05) is 42.5 Å². The second kappa shape index (κ2) is 12.3. The molecule has 166 valence electrons. The molecule has 7 heteroatoms. The third-order valence-electron chi connectivity index (χ3n) is 5.03. The number of nitrogens with zero attached hydrogens (tertiary/aromatic N) is 3. The molecule has 0 saturated carbocycles. The van der Waals surface area contributed by atoms with Crippen LogP contribution < -0.4 is 15.4 Å². The lowest BCUT2D eigenvalue weighted by Gasteiger charge is -2.12. The SMILES string of the molecule is CCNC(=NCc1ccc(OCc2ccccc2)cc1)NCc1c(C)nn(C)c1C.I. The van der Waals surface area contributed by atoms with Gasteiger partial charge in [0.05, 0.1) is 12.2 Å². The van der Waals surface area contributed by atoms with Gasteiger partial charge >= 0.3 is 0 Å². The number of aryl methyl sites for hydroxylation is 2. The van der Waals surface area contributed by atoms with E-state index in [4.69, 9.17) is 9.73 Å². The average Bonchev–Trinajstić information content (AvgIpc) is 3.01. The van der Waals surface area contributed by atoms with Crippen molar-refractivity contribution in [1.82, 2.24) is 20.4 Å². The first-order chi connectivity index (χ1) is 14.6. The molecule has 0 amide bonds. The van der Waals surface area contributed by atoms with Crippen LogP contribution >= 0.6 is 24.0 Å². The van der Waals surface area contributed by atoms with Crippen LogP contribution in [-0.2, 0) is 26.7 Å². The van der Waals surface area contributed by atoms with Crippen LogP contribution in [0.3, 0.4) is 0 Å². The molecule has 2 aromatic carbocycles. The molecule has 3 rings (SSSR count). The molecule has 1 heterocycles. The van der Waals surface area contributed by atoms with E-state index < -0.39 is 0 Å². The Bertz CT molecular complexity index is 968. The molecular formula is C24H32IN5O. The molecule has 0 radical (unpaired) electrons. The van der Waals surface area contributed by atoms with Gasteiger partial charge in [0.2, 0.25) is 0 Å². The van der Waals surface area contributed by atoms with Gasteiger partial charge in [-0.15, -0.1) is 24.0 Å². The summed E-state index contributed by atoms with van der Waals surface area (Å²) in [6.45, 7) is 8.86. The van der Waals surface area contributed by atoms with E-state index in [2.05, 4.69) is 53.8 Å². The minimum atomic E-state index is 0. The van der Waals surface area contributed by atoms with Crippen molar-refractivity contribution in [2.75, 3.05) is 6.54 Å². The third kappa shape index (κ3) is 7.27. The zero-order chi connectivity index (χ0) is 21.3. The Morgan fingerprint density at radius 3 is 2.32 bits per heavy atom. The summed E-state index contributed by atoms with van der Waals surface area (Å²) in [6, 6.07) is 18.3. The fraction of sp³-hybridized carbons (Fsp3) is 0.333. The van der Waals surface area contributed by atoms with Gasteiger partial charge in [-0.3, -0.25) is 4.68 Å². The lowest BCUT2D eigenvalue weighted by atomic mass is 10.2. The largest absolute Gasteiger partial charge is 0.489 e. The molecular weight excluding hydrogens is 501 g/mol. The number of hydrogen-bond acceptors (Lipinski definition) is 3. The van der Waals surface area contributed by atoms with Gasteiger partial charge in [0.15, 0.2) is 5.96 Å². The van der Waals surface area contributed by atoms with Crippen LogP contribution in [0, 0.1) is 13.8 Å². The van der Waals surface area contributed by atoms with E-state index in [-0.39, 0.29) is 24.0 Å². The number of aliphatic imine (C=N–C) groups is 1. The smallest absolute Gasteiger partial charge is 0.191 e. The zero-order valence-corrected chi connectivity index (χ0v) is 21.0. The third-order valence-corrected chi connectivity index (χ3v) is 5.03. The summed E-state index contributed by atoms with van der Waals surface area (Å²) in [4.78, 5) is 4.71. The van der Waals surface area contributed by atoms with Crippen LogP contribution in [0.2, 0.25) is 0 Å². The van der Waals surface area contributed by atoms with Gasteiger partial charge in [0, 0.05) is 31.4 Å². The van der Waals surface area contributed by atoms with E-state index in [0.29, 0.717) is 19.7 Å². The van der Waals surface area contributed by atoms with Crippen LogP contribution in [0.1, 0.15) is 35.0 Å². The highest BCUT2D eigenvalue weighted by Crippen LogP contribution is 2.15. The van der Waals surface area contributed by atoms with Crippen molar-refractivity contribution in [3.63, 3.8) is 0 Å². The maximum atomic E-state index is 5.85. The number of ether oxygens (including phenoxy) is 1. The Hall–Kier alpha value is -2.55. The fourth-order valence-corrected chi connectivity index (χ4v) is 3.19. The second-order valence-corrected chi connectivity index (χ2v) is 7.24. The van der Waals surface area contributed by atoms with Crippen molar-refractivity contribution in [2.45, 2.75) is 40.5 Å². The standard InChI is InChI=1S/C24H31N5O.HI/c1-5-25-24(27-16-23-18(2)28-29(4)19(23)3)26-15-20-11-13-22(14-12-20)30-17-21-9-7-6-8-10-21;/h6-14H,5,15-17H2,1-4H3,(H2,25,26,27);1H. The minimum Gasteiger partial charge on any atom is -0.489 e. The predicted molar refractivity (Wildman–Crippen MR) is 137 cm³/mol. The van der Waals surface area contributed by atoms with E-state index >= 15 is 0 Å². The van der Waals surface area contributed by atoms with Crippen LogP contribution in [0.15, 0.2) is 59.6 Å². The molecule has 0 aliphatic rings. The van der Waals surface area contributed by atoms with Crippen molar-refractivity contribution in [1.29, 1.82) is 0 Å². The first kappa shape index (κ1) is 24.7. The zero-order valence-electron chi connectivity index (χ0n) is 18.7. The molecule has 0 aliphatic heterocycles. The summed E-state index contributed by atoms with van der Waals surface area (Å²) < 4.78 is 7.77. The molecule has 31 heavy (non-hydrogen) atoms. The number of guanidine groups is 1. The minimum absolute atomic E-state index is 0. The number of nitrogens with one attached hydrogen (secondary N) is 2. The second-order valence-electron chi connectivity index (χ2n) is 7.24. The highest BCUT2D eigenvalue weighted by molar-refractivity contribution is 14.0. The van der Waals surface area contributed by atoms with Crippen molar-refractivity contribution in [2.24, 2.45) is 12.0 Å². The quantitative estimate of drug-likeness (QED) is 0.255. The Morgan fingerprint density at radius 1 is 1.00 bits per heavy atom. The summed E-state index contributed by atoms with van der Waals surface area (Å²) in [6.07, 6.45) is 0. The average molecular weight is 533 g/mol. The van der Waals surface area contributed by atoms with Gasteiger partial charge in [-0.25, -0.2) is 4.99 Å². The first-order valence-corrected chi connectivity index (χ1v) is 10.3. The number of aromatic nitrogens is 2. The first-order valence-electron chi connectivity index (χ1n) is 10.3. The molecule has 0 saturated heterocycles. The molecule has 6 nitrogen and oxygen atoms in total.